The van der Waals surface area contributed by atoms with Gasteiger partial charge in [-0.05, 0) is 37.1 Å². The number of aryl methyl sites for hydroxylation is 2. The lowest BCUT2D eigenvalue weighted by atomic mass is 10.2. The van der Waals surface area contributed by atoms with Gasteiger partial charge in [0, 0.05) is 6.54 Å². The molecule has 3 nitrogen and oxygen atoms in total. The largest absolute Gasteiger partial charge is 0.485 e. The van der Waals surface area contributed by atoms with Gasteiger partial charge < -0.3 is 9.30 Å². The third-order valence-electron chi connectivity index (χ3n) is 3.92. The van der Waals surface area contributed by atoms with Gasteiger partial charge in [0.2, 0.25) is 0 Å². The third kappa shape index (κ3) is 2.98. The Labute approximate surface area is 131 Å². The van der Waals surface area contributed by atoms with Crippen LogP contribution in [0.25, 0.3) is 11.0 Å². The molecule has 2 aromatic carbocycles. The van der Waals surface area contributed by atoms with Crippen molar-refractivity contribution in [2.75, 3.05) is 0 Å². The molecule has 0 spiro atoms. The maximum absolute atomic E-state index is 5.99. The Kier molecular flexibility index (Phi) is 4.42. The van der Waals surface area contributed by atoms with Gasteiger partial charge in [0.1, 0.15) is 18.2 Å². The number of fused-ring (bicyclic) bond motifs is 1. The van der Waals surface area contributed by atoms with Crippen LogP contribution >= 0.6 is 0 Å². The monoisotopic (exact) mass is 294 g/mol. The van der Waals surface area contributed by atoms with Crippen LogP contribution in [0.4, 0.5) is 0 Å². The number of unbranched alkanes of at least 4 members (excludes halogenated alkanes) is 1. The minimum atomic E-state index is 0.503. The predicted octanol–water partition coefficient (Wildman–Crippen LogP) is 4.72. The lowest BCUT2D eigenvalue weighted by Crippen LogP contribution is -2.08. The number of benzene rings is 2. The standard InChI is InChI=1S/C19H22N2O/c1-3-4-13-21-17-11-7-6-10-16(17)20-19(21)14-22-18-12-8-5-9-15(18)2/h5-12H,3-4,13-14H2,1-2H3. The van der Waals surface area contributed by atoms with Crippen molar-refractivity contribution >= 4 is 11.0 Å². The van der Waals surface area contributed by atoms with Gasteiger partial charge >= 0.3 is 0 Å². The normalized spacial score (nSPS) is 11.0. The van der Waals surface area contributed by atoms with E-state index in [4.69, 9.17) is 9.72 Å². The van der Waals surface area contributed by atoms with Gasteiger partial charge in [0.25, 0.3) is 0 Å². The SMILES string of the molecule is CCCCn1c(COc2ccccc2C)nc2ccccc21. The molecular formula is C19H22N2O. The zero-order valence-corrected chi connectivity index (χ0v) is 13.2. The maximum atomic E-state index is 5.99. The summed E-state index contributed by atoms with van der Waals surface area (Å²) in [5.74, 6) is 1.93. The van der Waals surface area contributed by atoms with Gasteiger partial charge in [0.15, 0.2) is 0 Å². The van der Waals surface area contributed by atoms with Crippen molar-refractivity contribution in [1.82, 2.24) is 9.55 Å². The molecular weight excluding hydrogens is 272 g/mol. The Morgan fingerprint density at radius 2 is 1.82 bits per heavy atom. The van der Waals surface area contributed by atoms with E-state index in [-0.39, 0.29) is 0 Å². The molecule has 0 fully saturated rings. The van der Waals surface area contributed by atoms with Crippen LogP contribution in [0.3, 0.4) is 0 Å². The molecule has 114 valence electrons. The fourth-order valence-corrected chi connectivity index (χ4v) is 2.66. The van der Waals surface area contributed by atoms with Gasteiger partial charge in [-0.1, -0.05) is 43.7 Å². The molecule has 3 aromatic rings. The summed E-state index contributed by atoms with van der Waals surface area (Å²) in [5, 5.41) is 0. The van der Waals surface area contributed by atoms with Crippen LogP contribution in [0.15, 0.2) is 48.5 Å². The zero-order chi connectivity index (χ0) is 15.4. The summed E-state index contributed by atoms with van der Waals surface area (Å²) >= 11 is 0. The van der Waals surface area contributed by atoms with Gasteiger partial charge in [-0.25, -0.2) is 4.98 Å². The Morgan fingerprint density at radius 3 is 2.64 bits per heavy atom. The highest BCUT2D eigenvalue weighted by Gasteiger charge is 2.11. The molecule has 0 bridgehead atoms. The second-order valence-corrected chi connectivity index (χ2v) is 5.58. The molecule has 0 saturated carbocycles. The van der Waals surface area contributed by atoms with Gasteiger partial charge in [-0.15, -0.1) is 0 Å². The average molecular weight is 294 g/mol. The summed E-state index contributed by atoms with van der Waals surface area (Å²) in [6.45, 7) is 5.77. The minimum Gasteiger partial charge on any atom is -0.485 e. The van der Waals surface area contributed by atoms with Crippen molar-refractivity contribution < 1.29 is 4.74 Å². The fraction of sp³-hybridized carbons (Fsp3) is 0.316. The van der Waals surface area contributed by atoms with E-state index < -0.39 is 0 Å². The summed E-state index contributed by atoms with van der Waals surface area (Å²) in [6, 6.07) is 16.4. The van der Waals surface area contributed by atoms with Crippen molar-refractivity contribution in [2.45, 2.75) is 39.8 Å². The lowest BCUT2D eigenvalue weighted by molar-refractivity contribution is 0.288. The molecule has 0 atom stereocenters. The van der Waals surface area contributed by atoms with Crippen LogP contribution in [0.1, 0.15) is 31.2 Å². The van der Waals surface area contributed by atoms with Crippen LogP contribution in [-0.2, 0) is 13.2 Å². The number of rotatable bonds is 6. The highest BCUT2D eigenvalue weighted by atomic mass is 16.5. The number of aromatic nitrogens is 2. The highest BCUT2D eigenvalue weighted by molar-refractivity contribution is 5.75. The summed E-state index contributed by atoms with van der Waals surface area (Å²) in [5.41, 5.74) is 3.39. The van der Waals surface area contributed by atoms with E-state index >= 15 is 0 Å². The van der Waals surface area contributed by atoms with E-state index in [0.29, 0.717) is 6.61 Å². The second kappa shape index (κ2) is 6.65. The molecule has 1 heterocycles. The van der Waals surface area contributed by atoms with Gasteiger partial charge in [0.05, 0.1) is 11.0 Å². The molecule has 0 aliphatic heterocycles. The molecule has 1 aromatic heterocycles. The number of nitrogens with zero attached hydrogens (tertiary/aromatic N) is 2. The van der Waals surface area contributed by atoms with Crippen molar-refractivity contribution in [2.24, 2.45) is 0 Å². The molecule has 0 unspecified atom stereocenters. The van der Waals surface area contributed by atoms with Crippen molar-refractivity contribution in [3.8, 4) is 5.75 Å². The van der Waals surface area contributed by atoms with Gasteiger partial charge in [-0.2, -0.15) is 0 Å². The molecule has 22 heavy (non-hydrogen) atoms. The van der Waals surface area contributed by atoms with Crippen LogP contribution in [0.2, 0.25) is 0 Å². The Hall–Kier alpha value is -2.29. The molecule has 3 rings (SSSR count). The second-order valence-electron chi connectivity index (χ2n) is 5.58. The van der Waals surface area contributed by atoms with E-state index in [1.807, 2.05) is 24.3 Å². The van der Waals surface area contributed by atoms with Gasteiger partial charge in [-0.3, -0.25) is 0 Å². The Morgan fingerprint density at radius 1 is 1.05 bits per heavy atom. The van der Waals surface area contributed by atoms with E-state index in [0.717, 1.165) is 35.6 Å². The molecule has 0 amide bonds. The quantitative estimate of drug-likeness (QED) is 0.657. The molecule has 0 aliphatic rings. The first-order valence-electron chi connectivity index (χ1n) is 7.92. The van der Waals surface area contributed by atoms with Crippen molar-refractivity contribution in [1.29, 1.82) is 0 Å². The summed E-state index contributed by atoms with van der Waals surface area (Å²) in [7, 11) is 0. The Bertz CT molecular complexity index is 761. The first-order valence-corrected chi connectivity index (χ1v) is 7.92. The fourth-order valence-electron chi connectivity index (χ4n) is 2.66. The van der Waals surface area contributed by atoms with Crippen LogP contribution in [0.5, 0.6) is 5.75 Å². The number of imidazole rings is 1. The summed E-state index contributed by atoms with van der Waals surface area (Å²) in [6.07, 6.45) is 2.32. The topological polar surface area (TPSA) is 27.1 Å². The molecule has 0 saturated heterocycles. The number of para-hydroxylation sites is 3. The molecule has 0 radical (unpaired) electrons. The van der Waals surface area contributed by atoms with Crippen LogP contribution in [0, 0.1) is 6.92 Å². The van der Waals surface area contributed by atoms with Crippen molar-refractivity contribution in [3.05, 3.63) is 59.9 Å². The first kappa shape index (κ1) is 14.6. The van der Waals surface area contributed by atoms with E-state index in [1.165, 1.54) is 11.9 Å². The zero-order valence-electron chi connectivity index (χ0n) is 13.2. The van der Waals surface area contributed by atoms with E-state index in [2.05, 4.69) is 42.7 Å². The van der Waals surface area contributed by atoms with E-state index in [9.17, 15) is 0 Å². The van der Waals surface area contributed by atoms with Crippen LogP contribution < -0.4 is 4.74 Å². The number of ether oxygens (including phenoxy) is 1. The third-order valence-corrected chi connectivity index (χ3v) is 3.92. The molecule has 0 aliphatic carbocycles. The highest BCUT2D eigenvalue weighted by Crippen LogP contribution is 2.21. The minimum absolute atomic E-state index is 0.503. The summed E-state index contributed by atoms with van der Waals surface area (Å²) in [4.78, 5) is 4.75. The predicted molar refractivity (Wildman–Crippen MR) is 90.2 cm³/mol. The smallest absolute Gasteiger partial charge is 0.147 e. The van der Waals surface area contributed by atoms with Crippen LogP contribution in [-0.4, -0.2) is 9.55 Å². The average Bonchev–Trinajstić information content (AvgIpc) is 2.90. The lowest BCUT2D eigenvalue weighted by Gasteiger charge is -2.11. The summed E-state index contributed by atoms with van der Waals surface area (Å²) < 4.78 is 8.28. The van der Waals surface area contributed by atoms with Crippen molar-refractivity contribution in [3.63, 3.8) is 0 Å². The number of hydrogen-bond acceptors (Lipinski definition) is 2. The first-order chi connectivity index (χ1) is 10.8. The maximum Gasteiger partial charge on any atom is 0.147 e. The molecule has 3 heteroatoms. The van der Waals surface area contributed by atoms with E-state index in [1.54, 1.807) is 0 Å². The Balaban J connectivity index is 1.87. The molecule has 0 N–H and O–H groups in total. The number of hydrogen-bond donors (Lipinski definition) is 0.